The van der Waals surface area contributed by atoms with Gasteiger partial charge >= 0.3 is 11.5 Å². The summed E-state index contributed by atoms with van der Waals surface area (Å²) in [6, 6.07) is 9.60. The molecule has 15 heavy (non-hydrogen) atoms. The molecular weight excluding hydrogens is 190 g/mol. The van der Waals surface area contributed by atoms with Crippen molar-refractivity contribution >= 4 is 5.97 Å². The molecular formula is C12H13NO2. The Morgan fingerprint density at radius 2 is 2.07 bits per heavy atom. The third-order valence-electron chi connectivity index (χ3n) is 2.45. The lowest BCUT2D eigenvalue weighted by Gasteiger charge is -2.11. The van der Waals surface area contributed by atoms with Crippen LogP contribution >= 0.6 is 0 Å². The first-order chi connectivity index (χ1) is 7.08. The van der Waals surface area contributed by atoms with E-state index >= 15 is 0 Å². The topological polar surface area (TPSA) is 41.7 Å². The average molecular weight is 203 g/mol. The molecule has 3 nitrogen and oxygen atoms in total. The van der Waals surface area contributed by atoms with Gasteiger partial charge in [0.15, 0.2) is 0 Å². The van der Waals surface area contributed by atoms with Gasteiger partial charge in [-0.2, -0.15) is 0 Å². The lowest BCUT2D eigenvalue weighted by atomic mass is 9.94. The molecule has 0 amide bonds. The van der Waals surface area contributed by atoms with Crippen molar-refractivity contribution in [3.05, 3.63) is 47.3 Å². The van der Waals surface area contributed by atoms with Crippen LogP contribution in [0.1, 0.15) is 18.9 Å². The van der Waals surface area contributed by atoms with Crippen LogP contribution in [0.2, 0.25) is 0 Å². The highest BCUT2D eigenvalue weighted by Crippen LogP contribution is 2.18. The molecule has 1 atom stereocenters. The summed E-state index contributed by atoms with van der Waals surface area (Å²) in [4.78, 5) is 14.0. The number of hydrogen-bond donors (Lipinski definition) is 1. The van der Waals surface area contributed by atoms with Crippen LogP contribution in [-0.2, 0) is 11.2 Å². The van der Waals surface area contributed by atoms with E-state index in [1.54, 1.807) is 0 Å². The molecule has 0 heterocycles. The van der Waals surface area contributed by atoms with Gasteiger partial charge in [-0.3, -0.25) is 4.85 Å². The van der Waals surface area contributed by atoms with Gasteiger partial charge in [0, 0.05) is 13.3 Å². The van der Waals surface area contributed by atoms with Crippen LogP contribution in [0.15, 0.2) is 30.3 Å². The first kappa shape index (κ1) is 11.3. The van der Waals surface area contributed by atoms with Crippen LogP contribution in [0.25, 0.3) is 4.85 Å². The van der Waals surface area contributed by atoms with E-state index in [1.165, 1.54) is 6.92 Å². The predicted octanol–water partition coefficient (Wildman–Crippen LogP) is 2.38. The van der Waals surface area contributed by atoms with Crippen molar-refractivity contribution in [2.75, 3.05) is 0 Å². The van der Waals surface area contributed by atoms with Crippen LogP contribution in [0, 0.1) is 6.57 Å². The largest absolute Gasteiger partial charge is 0.475 e. The summed E-state index contributed by atoms with van der Waals surface area (Å²) >= 11 is 0. The average Bonchev–Trinajstić information content (AvgIpc) is 2.27. The zero-order chi connectivity index (χ0) is 11.3. The third kappa shape index (κ3) is 2.81. The maximum atomic E-state index is 10.9. The molecule has 0 spiro atoms. The second-order valence-corrected chi connectivity index (χ2v) is 3.68. The van der Waals surface area contributed by atoms with E-state index in [0.29, 0.717) is 12.8 Å². The Morgan fingerprint density at radius 1 is 1.47 bits per heavy atom. The third-order valence-corrected chi connectivity index (χ3v) is 2.45. The second kappa shape index (κ2) is 4.61. The van der Waals surface area contributed by atoms with Crippen LogP contribution in [0.5, 0.6) is 0 Å². The highest BCUT2D eigenvalue weighted by molar-refractivity contribution is 5.80. The Morgan fingerprint density at radius 3 is 2.53 bits per heavy atom. The molecule has 0 saturated carbocycles. The first-order valence-corrected chi connectivity index (χ1v) is 4.74. The van der Waals surface area contributed by atoms with E-state index < -0.39 is 11.5 Å². The van der Waals surface area contributed by atoms with Crippen LogP contribution < -0.4 is 0 Å². The fourth-order valence-corrected chi connectivity index (χ4v) is 1.24. The Labute approximate surface area is 89.2 Å². The number of aliphatic carboxylic acids is 1. The molecule has 0 bridgehead atoms. The molecule has 1 aromatic carbocycles. The summed E-state index contributed by atoms with van der Waals surface area (Å²) in [5.41, 5.74) is -0.232. The van der Waals surface area contributed by atoms with Gasteiger partial charge in [0.1, 0.15) is 0 Å². The summed E-state index contributed by atoms with van der Waals surface area (Å²) in [5, 5.41) is 8.90. The van der Waals surface area contributed by atoms with Gasteiger partial charge in [0.25, 0.3) is 0 Å². The molecule has 1 rings (SSSR count). The highest BCUT2D eigenvalue weighted by atomic mass is 16.4. The Bertz CT molecular complexity index is 380. The minimum atomic E-state index is -1.30. The second-order valence-electron chi connectivity index (χ2n) is 3.68. The molecule has 0 aliphatic rings. The summed E-state index contributed by atoms with van der Waals surface area (Å²) in [7, 11) is 0. The van der Waals surface area contributed by atoms with E-state index in [0.717, 1.165) is 5.56 Å². The summed E-state index contributed by atoms with van der Waals surface area (Å²) < 4.78 is 0. The van der Waals surface area contributed by atoms with Crippen LogP contribution in [-0.4, -0.2) is 16.6 Å². The lowest BCUT2D eigenvalue weighted by Crippen LogP contribution is -2.31. The molecule has 78 valence electrons. The van der Waals surface area contributed by atoms with Crippen molar-refractivity contribution in [1.29, 1.82) is 0 Å². The van der Waals surface area contributed by atoms with E-state index in [-0.39, 0.29) is 0 Å². The van der Waals surface area contributed by atoms with Gasteiger partial charge in [0.05, 0.1) is 0 Å². The number of aryl methyl sites for hydroxylation is 1. The zero-order valence-corrected chi connectivity index (χ0v) is 8.60. The number of carboxylic acid groups (broad SMARTS) is 1. The molecule has 1 unspecified atom stereocenters. The maximum absolute atomic E-state index is 10.9. The predicted molar refractivity (Wildman–Crippen MR) is 57.4 cm³/mol. The minimum absolute atomic E-state index is 0.343. The van der Waals surface area contributed by atoms with Crippen molar-refractivity contribution in [3.8, 4) is 0 Å². The lowest BCUT2D eigenvalue weighted by molar-refractivity contribution is -0.141. The molecule has 0 radical (unpaired) electrons. The van der Waals surface area contributed by atoms with E-state index in [1.807, 2.05) is 30.3 Å². The number of rotatable bonds is 4. The minimum Gasteiger partial charge on any atom is -0.475 e. The van der Waals surface area contributed by atoms with E-state index in [9.17, 15) is 4.79 Å². The zero-order valence-electron chi connectivity index (χ0n) is 8.60. The van der Waals surface area contributed by atoms with Crippen molar-refractivity contribution in [3.63, 3.8) is 0 Å². The number of carboxylic acids is 1. The van der Waals surface area contributed by atoms with Gasteiger partial charge in [-0.15, -0.1) is 0 Å². The normalized spacial score (nSPS) is 13.9. The molecule has 0 aliphatic carbocycles. The van der Waals surface area contributed by atoms with Crippen LogP contribution in [0.4, 0.5) is 0 Å². The smallest absolute Gasteiger partial charge is 0.390 e. The van der Waals surface area contributed by atoms with Crippen LogP contribution in [0.3, 0.4) is 0 Å². The van der Waals surface area contributed by atoms with E-state index in [2.05, 4.69) is 4.85 Å². The number of hydrogen-bond acceptors (Lipinski definition) is 1. The number of benzene rings is 1. The molecule has 3 heteroatoms. The Kier molecular flexibility index (Phi) is 3.46. The maximum Gasteiger partial charge on any atom is 0.390 e. The van der Waals surface area contributed by atoms with Gasteiger partial charge in [-0.25, -0.2) is 11.4 Å². The van der Waals surface area contributed by atoms with Crippen molar-refractivity contribution in [1.82, 2.24) is 0 Å². The Balaban J connectivity index is 2.65. The SMILES string of the molecule is [C-]#[N+]C(C)(CCc1ccccc1)C(=O)O. The van der Waals surface area contributed by atoms with Gasteiger partial charge in [0.2, 0.25) is 0 Å². The highest BCUT2D eigenvalue weighted by Gasteiger charge is 2.39. The number of carbonyl (C=O) groups is 1. The van der Waals surface area contributed by atoms with Crippen molar-refractivity contribution in [2.24, 2.45) is 0 Å². The fraction of sp³-hybridized carbons (Fsp3) is 0.333. The molecule has 0 aromatic heterocycles. The molecule has 1 aromatic rings. The molecule has 0 saturated heterocycles. The summed E-state index contributed by atoms with van der Waals surface area (Å²) in [6.07, 6.45) is 0.960. The molecule has 0 fully saturated rings. The van der Waals surface area contributed by atoms with Gasteiger partial charge < -0.3 is 5.11 Å². The van der Waals surface area contributed by atoms with Gasteiger partial charge in [-0.05, 0) is 12.0 Å². The molecule has 1 N–H and O–H groups in total. The van der Waals surface area contributed by atoms with Crippen molar-refractivity contribution < 1.29 is 9.90 Å². The standard InChI is InChI=1S/C12H13NO2/c1-12(13-2,11(14)15)9-8-10-6-4-3-5-7-10/h3-7H,8-9H2,1H3,(H,14,15). The van der Waals surface area contributed by atoms with Gasteiger partial charge in [-0.1, -0.05) is 30.3 Å². The monoisotopic (exact) mass is 203 g/mol. The fourth-order valence-electron chi connectivity index (χ4n) is 1.24. The summed E-state index contributed by atoms with van der Waals surface area (Å²) in [6.45, 7) is 8.36. The molecule has 0 aliphatic heterocycles. The summed E-state index contributed by atoms with van der Waals surface area (Å²) in [5.74, 6) is -1.05. The quantitative estimate of drug-likeness (QED) is 0.763. The van der Waals surface area contributed by atoms with Crippen molar-refractivity contribution in [2.45, 2.75) is 25.3 Å². The first-order valence-electron chi connectivity index (χ1n) is 4.74. The number of nitrogens with zero attached hydrogens (tertiary/aromatic N) is 1. The van der Waals surface area contributed by atoms with E-state index in [4.69, 9.17) is 11.7 Å². The Hall–Kier alpha value is -1.82.